The molecule has 2 aliphatic heterocycles. The third-order valence-electron chi connectivity index (χ3n) is 4.87. The van der Waals surface area contributed by atoms with Gasteiger partial charge in [-0.1, -0.05) is 19.3 Å². The zero-order valence-corrected chi connectivity index (χ0v) is 19.1. The van der Waals surface area contributed by atoms with Gasteiger partial charge in [0.25, 0.3) is 10.0 Å². The van der Waals surface area contributed by atoms with Crippen LogP contribution in [0.25, 0.3) is 0 Å². The molecule has 1 aromatic heterocycles. The number of hydrogen-bond acceptors (Lipinski definition) is 4. The normalized spacial score (nSPS) is 20.5. The van der Waals surface area contributed by atoms with Gasteiger partial charge in [-0.25, -0.2) is 13.4 Å². The second-order valence-electron chi connectivity index (χ2n) is 6.76. The van der Waals surface area contributed by atoms with Gasteiger partial charge in [0.15, 0.2) is 5.96 Å². The number of halogens is 1. The Hall–Kier alpha value is -0.390. The molecule has 1 aromatic rings. The summed E-state index contributed by atoms with van der Waals surface area (Å²) in [5, 5.41) is 0. The highest BCUT2D eigenvalue weighted by molar-refractivity contribution is 14.0. The van der Waals surface area contributed by atoms with Crippen LogP contribution in [0, 0.1) is 0 Å². The molecule has 0 amide bonds. The van der Waals surface area contributed by atoms with Crippen LogP contribution in [0.1, 0.15) is 49.8 Å². The van der Waals surface area contributed by atoms with Gasteiger partial charge in [-0.15, -0.1) is 35.3 Å². The first-order valence-corrected chi connectivity index (χ1v) is 11.5. The van der Waals surface area contributed by atoms with Gasteiger partial charge >= 0.3 is 0 Å². The number of likely N-dealkylation sites (tertiary alicyclic amines) is 1. The Labute approximate surface area is 177 Å². The van der Waals surface area contributed by atoms with Crippen LogP contribution in [0.3, 0.4) is 0 Å². The van der Waals surface area contributed by atoms with Gasteiger partial charge in [-0.3, -0.25) is 0 Å². The van der Waals surface area contributed by atoms with Gasteiger partial charge in [-0.05, 0) is 37.8 Å². The van der Waals surface area contributed by atoms with Gasteiger partial charge in [0.05, 0.1) is 6.54 Å². The van der Waals surface area contributed by atoms with Crippen molar-refractivity contribution in [3.05, 3.63) is 17.0 Å². The molecule has 9 heteroatoms. The maximum atomic E-state index is 12.7. The SMILES string of the molecule is I.NC(=NCc1ccc(S(=O)(=O)N2CCCCC2)s1)N1CCCCCC1. The fraction of sp³-hybridized carbons (Fsp3) is 0.706. The highest BCUT2D eigenvalue weighted by Crippen LogP contribution is 2.27. The summed E-state index contributed by atoms with van der Waals surface area (Å²) in [4.78, 5) is 7.57. The molecule has 26 heavy (non-hydrogen) atoms. The minimum absolute atomic E-state index is 0. The smallest absolute Gasteiger partial charge is 0.252 e. The second kappa shape index (κ2) is 10.2. The van der Waals surface area contributed by atoms with Crippen LogP contribution < -0.4 is 5.73 Å². The van der Waals surface area contributed by atoms with Gasteiger partial charge in [-0.2, -0.15) is 4.31 Å². The molecule has 0 spiro atoms. The Bertz CT molecular complexity index is 691. The summed E-state index contributed by atoms with van der Waals surface area (Å²) in [6.45, 7) is 3.65. The molecule has 0 aromatic carbocycles. The van der Waals surface area contributed by atoms with Gasteiger partial charge in [0.1, 0.15) is 4.21 Å². The van der Waals surface area contributed by atoms with Gasteiger partial charge in [0, 0.05) is 31.1 Å². The van der Waals surface area contributed by atoms with Crippen molar-refractivity contribution in [2.24, 2.45) is 10.7 Å². The Morgan fingerprint density at radius 3 is 2.23 bits per heavy atom. The van der Waals surface area contributed by atoms with Crippen LogP contribution in [0.15, 0.2) is 21.3 Å². The van der Waals surface area contributed by atoms with Crippen molar-refractivity contribution in [3.63, 3.8) is 0 Å². The lowest BCUT2D eigenvalue weighted by molar-refractivity contribution is 0.347. The van der Waals surface area contributed by atoms with E-state index < -0.39 is 10.0 Å². The van der Waals surface area contributed by atoms with E-state index in [9.17, 15) is 8.42 Å². The number of guanidine groups is 1. The molecule has 2 fully saturated rings. The first-order chi connectivity index (χ1) is 12.1. The second-order valence-corrected chi connectivity index (χ2v) is 10.1. The summed E-state index contributed by atoms with van der Waals surface area (Å²) in [5.41, 5.74) is 6.13. The highest BCUT2D eigenvalue weighted by atomic mass is 127. The van der Waals surface area contributed by atoms with Crippen molar-refractivity contribution in [3.8, 4) is 0 Å². The average Bonchev–Trinajstić information content (AvgIpc) is 2.95. The molecule has 3 rings (SSSR count). The van der Waals surface area contributed by atoms with E-state index in [-0.39, 0.29) is 24.0 Å². The third-order valence-corrected chi connectivity index (χ3v) is 8.31. The van der Waals surface area contributed by atoms with Crippen molar-refractivity contribution in [2.45, 2.75) is 55.7 Å². The Balaban J connectivity index is 0.00000243. The minimum atomic E-state index is -3.34. The number of sulfonamides is 1. The number of piperidine rings is 1. The number of nitrogens with zero attached hydrogens (tertiary/aromatic N) is 3. The lowest BCUT2D eigenvalue weighted by Gasteiger charge is -2.25. The summed E-state index contributed by atoms with van der Waals surface area (Å²) in [5.74, 6) is 0.579. The highest BCUT2D eigenvalue weighted by Gasteiger charge is 2.27. The van der Waals surface area contributed by atoms with Crippen LogP contribution in [0.5, 0.6) is 0 Å². The molecule has 3 heterocycles. The summed E-state index contributed by atoms with van der Waals surface area (Å²) >= 11 is 1.32. The molecule has 148 valence electrons. The van der Waals surface area contributed by atoms with Crippen LogP contribution in [0.4, 0.5) is 0 Å². The molecule has 2 aliphatic rings. The van der Waals surface area contributed by atoms with Crippen LogP contribution >= 0.6 is 35.3 Å². The maximum Gasteiger partial charge on any atom is 0.252 e. The molecule has 0 bridgehead atoms. The van der Waals surface area contributed by atoms with E-state index in [1.807, 2.05) is 6.07 Å². The first kappa shape index (κ1) is 21.9. The predicted octanol–water partition coefficient (Wildman–Crippen LogP) is 3.23. The number of nitrogens with two attached hydrogens (primary N) is 1. The summed E-state index contributed by atoms with van der Waals surface area (Å²) in [6.07, 6.45) is 7.86. The summed E-state index contributed by atoms with van der Waals surface area (Å²) in [6, 6.07) is 3.57. The van der Waals surface area contributed by atoms with E-state index in [2.05, 4.69) is 9.89 Å². The maximum absolute atomic E-state index is 12.7. The quantitative estimate of drug-likeness (QED) is 0.382. The van der Waals surface area contributed by atoms with E-state index in [1.54, 1.807) is 10.4 Å². The van der Waals surface area contributed by atoms with Crippen molar-refractivity contribution >= 4 is 51.3 Å². The number of aliphatic imine (C=N–C) groups is 1. The van der Waals surface area contributed by atoms with Gasteiger partial charge in [0.2, 0.25) is 0 Å². The lowest BCUT2D eigenvalue weighted by atomic mass is 10.2. The molecule has 2 saturated heterocycles. The molecular formula is C17H29IN4O2S2. The summed E-state index contributed by atoms with van der Waals surface area (Å²) in [7, 11) is -3.34. The predicted molar refractivity (Wildman–Crippen MR) is 118 cm³/mol. The molecule has 2 N–H and O–H groups in total. The Kier molecular flexibility index (Phi) is 8.62. The van der Waals surface area contributed by atoms with Crippen LogP contribution in [0.2, 0.25) is 0 Å². The molecule has 0 unspecified atom stereocenters. The summed E-state index contributed by atoms with van der Waals surface area (Å²) < 4.78 is 27.4. The van der Waals surface area contributed by atoms with E-state index >= 15 is 0 Å². The number of rotatable bonds is 4. The minimum Gasteiger partial charge on any atom is -0.370 e. The van der Waals surface area contributed by atoms with E-state index in [0.29, 0.717) is 29.8 Å². The molecule has 0 radical (unpaired) electrons. The number of thiophene rings is 1. The van der Waals surface area contributed by atoms with Crippen LogP contribution in [-0.2, 0) is 16.6 Å². The van der Waals surface area contributed by atoms with Crippen molar-refractivity contribution in [2.75, 3.05) is 26.2 Å². The molecule has 0 atom stereocenters. The van der Waals surface area contributed by atoms with Crippen molar-refractivity contribution in [1.82, 2.24) is 9.21 Å². The van der Waals surface area contributed by atoms with Crippen molar-refractivity contribution in [1.29, 1.82) is 0 Å². The van der Waals surface area contributed by atoms with Gasteiger partial charge < -0.3 is 10.6 Å². The van der Waals surface area contributed by atoms with Crippen molar-refractivity contribution < 1.29 is 8.42 Å². The molecular weight excluding hydrogens is 483 g/mol. The fourth-order valence-corrected chi connectivity index (χ4v) is 6.32. The lowest BCUT2D eigenvalue weighted by Crippen LogP contribution is -2.38. The first-order valence-electron chi connectivity index (χ1n) is 9.21. The zero-order valence-electron chi connectivity index (χ0n) is 15.1. The standard InChI is InChI=1S/C17H28N4O2S2.HI/c18-17(20-10-4-1-2-5-11-20)19-14-15-8-9-16(24-15)25(22,23)21-12-6-3-7-13-21;/h8-9H,1-7,10-14H2,(H2,18,19);1H. The zero-order chi connectivity index (χ0) is 17.7. The molecule has 0 saturated carbocycles. The fourth-order valence-electron chi connectivity index (χ4n) is 3.37. The largest absolute Gasteiger partial charge is 0.370 e. The molecule has 0 aliphatic carbocycles. The monoisotopic (exact) mass is 512 g/mol. The molecule has 6 nitrogen and oxygen atoms in total. The number of hydrogen-bond donors (Lipinski definition) is 1. The average molecular weight is 512 g/mol. The van der Waals surface area contributed by atoms with E-state index in [0.717, 1.165) is 50.1 Å². The van der Waals surface area contributed by atoms with E-state index in [1.165, 1.54) is 24.2 Å². The topological polar surface area (TPSA) is 79.0 Å². The van der Waals surface area contributed by atoms with E-state index in [4.69, 9.17) is 5.73 Å². The third kappa shape index (κ3) is 5.56. The van der Waals surface area contributed by atoms with Crippen LogP contribution in [-0.4, -0.2) is 49.8 Å². The Morgan fingerprint density at radius 2 is 1.58 bits per heavy atom. The Morgan fingerprint density at radius 1 is 1.00 bits per heavy atom.